The normalized spacial score (nSPS) is 10.4. The summed E-state index contributed by atoms with van der Waals surface area (Å²) >= 11 is 0. The van der Waals surface area contributed by atoms with E-state index >= 15 is 0 Å². The minimum Gasteiger partial charge on any atom is -0.497 e. The number of carboxylic acid groups (broad SMARTS) is 1. The van der Waals surface area contributed by atoms with E-state index in [0.717, 1.165) is 35.5 Å². The lowest BCUT2D eigenvalue weighted by atomic mass is 10.0. The molecule has 0 spiro atoms. The van der Waals surface area contributed by atoms with Crippen molar-refractivity contribution in [1.29, 1.82) is 0 Å². The molecule has 138 valence electrons. The molecule has 0 amide bonds. The SMILES string of the molecule is COc1ccc(OCc2ccc(C(=O)O)cc2)c(CCc2ccccc2)c1. The summed E-state index contributed by atoms with van der Waals surface area (Å²) < 4.78 is 11.4. The van der Waals surface area contributed by atoms with Gasteiger partial charge in [-0.15, -0.1) is 0 Å². The van der Waals surface area contributed by atoms with Crippen LogP contribution in [0.15, 0.2) is 72.8 Å². The van der Waals surface area contributed by atoms with Gasteiger partial charge in [0.2, 0.25) is 0 Å². The van der Waals surface area contributed by atoms with Crippen LogP contribution in [0.5, 0.6) is 11.5 Å². The van der Waals surface area contributed by atoms with Crippen LogP contribution in [0.4, 0.5) is 0 Å². The van der Waals surface area contributed by atoms with E-state index in [-0.39, 0.29) is 5.56 Å². The van der Waals surface area contributed by atoms with Crippen molar-refractivity contribution >= 4 is 5.97 Å². The molecule has 0 aliphatic carbocycles. The van der Waals surface area contributed by atoms with Gasteiger partial charge < -0.3 is 14.6 Å². The zero-order chi connectivity index (χ0) is 19.1. The Morgan fingerprint density at radius 3 is 2.30 bits per heavy atom. The molecule has 0 aliphatic heterocycles. The van der Waals surface area contributed by atoms with Gasteiger partial charge in [0.1, 0.15) is 18.1 Å². The third-order valence-corrected chi connectivity index (χ3v) is 4.39. The van der Waals surface area contributed by atoms with Gasteiger partial charge >= 0.3 is 5.97 Å². The topological polar surface area (TPSA) is 55.8 Å². The first kappa shape index (κ1) is 18.5. The number of hydrogen-bond acceptors (Lipinski definition) is 3. The molecule has 0 atom stereocenters. The van der Waals surface area contributed by atoms with Crippen molar-refractivity contribution in [1.82, 2.24) is 0 Å². The number of aryl methyl sites for hydroxylation is 2. The lowest BCUT2D eigenvalue weighted by Crippen LogP contribution is -2.02. The zero-order valence-corrected chi connectivity index (χ0v) is 15.2. The highest BCUT2D eigenvalue weighted by molar-refractivity contribution is 5.87. The van der Waals surface area contributed by atoms with E-state index in [0.29, 0.717) is 6.61 Å². The van der Waals surface area contributed by atoms with Crippen molar-refractivity contribution in [3.05, 3.63) is 95.1 Å². The molecule has 3 aromatic carbocycles. The molecule has 0 radical (unpaired) electrons. The first-order valence-electron chi connectivity index (χ1n) is 8.81. The third-order valence-electron chi connectivity index (χ3n) is 4.39. The van der Waals surface area contributed by atoms with E-state index in [1.807, 2.05) is 36.4 Å². The molecule has 4 nitrogen and oxygen atoms in total. The van der Waals surface area contributed by atoms with E-state index in [1.54, 1.807) is 31.4 Å². The highest BCUT2D eigenvalue weighted by Crippen LogP contribution is 2.26. The Bertz CT molecular complexity index is 886. The summed E-state index contributed by atoms with van der Waals surface area (Å²) in [5, 5.41) is 8.98. The van der Waals surface area contributed by atoms with Crippen LogP contribution in [0.25, 0.3) is 0 Å². The molecule has 0 bridgehead atoms. The summed E-state index contributed by atoms with van der Waals surface area (Å²) in [5.41, 5.74) is 3.55. The Morgan fingerprint density at radius 1 is 0.889 bits per heavy atom. The monoisotopic (exact) mass is 362 g/mol. The highest BCUT2D eigenvalue weighted by atomic mass is 16.5. The molecule has 4 heteroatoms. The van der Waals surface area contributed by atoms with E-state index in [4.69, 9.17) is 14.6 Å². The Hall–Kier alpha value is -3.27. The number of ether oxygens (including phenoxy) is 2. The molecule has 0 unspecified atom stereocenters. The van der Waals surface area contributed by atoms with E-state index in [1.165, 1.54) is 5.56 Å². The molecule has 0 heterocycles. The number of hydrogen-bond donors (Lipinski definition) is 1. The first-order valence-corrected chi connectivity index (χ1v) is 8.81. The Kier molecular flexibility index (Phi) is 6.10. The summed E-state index contributed by atoms with van der Waals surface area (Å²) in [7, 11) is 1.65. The molecule has 0 aromatic heterocycles. The Balaban J connectivity index is 1.70. The van der Waals surface area contributed by atoms with Gasteiger partial charge in [0.25, 0.3) is 0 Å². The average Bonchev–Trinajstić information content (AvgIpc) is 2.72. The van der Waals surface area contributed by atoms with Crippen LogP contribution in [-0.4, -0.2) is 18.2 Å². The van der Waals surface area contributed by atoms with E-state index in [9.17, 15) is 4.79 Å². The lowest BCUT2D eigenvalue weighted by molar-refractivity contribution is 0.0697. The zero-order valence-electron chi connectivity index (χ0n) is 15.2. The number of carboxylic acids is 1. The molecule has 3 aromatic rings. The third kappa shape index (κ3) is 5.11. The fraction of sp³-hybridized carbons (Fsp3) is 0.174. The molecule has 27 heavy (non-hydrogen) atoms. The van der Waals surface area contributed by atoms with E-state index < -0.39 is 5.97 Å². The molecule has 0 saturated heterocycles. The molecule has 0 fully saturated rings. The van der Waals surface area contributed by atoms with Crippen molar-refractivity contribution in [2.45, 2.75) is 19.4 Å². The summed E-state index contributed by atoms with van der Waals surface area (Å²) in [6.45, 7) is 0.380. The van der Waals surface area contributed by atoms with Crippen LogP contribution < -0.4 is 9.47 Å². The maximum Gasteiger partial charge on any atom is 0.335 e. The van der Waals surface area contributed by atoms with E-state index in [2.05, 4.69) is 12.1 Å². The lowest BCUT2D eigenvalue weighted by Gasteiger charge is -2.13. The van der Waals surface area contributed by atoms with Crippen LogP contribution >= 0.6 is 0 Å². The predicted molar refractivity (Wildman–Crippen MR) is 105 cm³/mol. The van der Waals surface area contributed by atoms with Gasteiger partial charge in [-0.1, -0.05) is 42.5 Å². The highest BCUT2D eigenvalue weighted by Gasteiger charge is 2.08. The second kappa shape index (κ2) is 8.90. The predicted octanol–water partition coefficient (Wildman–Crippen LogP) is 4.76. The molecule has 3 rings (SSSR count). The smallest absolute Gasteiger partial charge is 0.335 e. The maximum atomic E-state index is 10.9. The van der Waals surface area contributed by atoms with Gasteiger partial charge in [-0.25, -0.2) is 4.79 Å². The first-order chi connectivity index (χ1) is 13.2. The summed E-state index contributed by atoms with van der Waals surface area (Å²) in [6, 6.07) is 22.9. The fourth-order valence-electron chi connectivity index (χ4n) is 2.85. The average molecular weight is 362 g/mol. The van der Waals surface area contributed by atoms with Crippen LogP contribution in [0.1, 0.15) is 27.0 Å². The number of methoxy groups -OCH3 is 1. The second-order valence-corrected chi connectivity index (χ2v) is 6.25. The molecule has 0 aliphatic rings. The number of rotatable bonds is 8. The van der Waals surface area contributed by atoms with Crippen molar-refractivity contribution in [3.63, 3.8) is 0 Å². The van der Waals surface area contributed by atoms with Crippen LogP contribution in [0.3, 0.4) is 0 Å². The Labute approximate surface area is 159 Å². The number of benzene rings is 3. The van der Waals surface area contributed by atoms with Crippen molar-refractivity contribution in [3.8, 4) is 11.5 Å². The van der Waals surface area contributed by atoms with Gasteiger partial charge in [-0.3, -0.25) is 0 Å². The van der Waals surface area contributed by atoms with Gasteiger partial charge in [0, 0.05) is 0 Å². The van der Waals surface area contributed by atoms with Crippen LogP contribution in [0.2, 0.25) is 0 Å². The van der Waals surface area contributed by atoms with Crippen LogP contribution in [-0.2, 0) is 19.4 Å². The Morgan fingerprint density at radius 2 is 1.63 bits per heavy atom. The maximum absolute atomic E-state index is 10.9. The quantitative estimate of drug-likeness (QED) is 0.628. The molecular weight excluding hydrogens is 340 g/mol. The number of aromatic carboxylic acids is 1. The fourth-order valence-corrected chi connectivity index (χ4v) is 2.85. The largest absolute Gasteiger partial charge is 0.497 e. The minimum atomic E-state index is -0.930. The second-order valence-electron chi connectivity index (χ2n) is 6.25. The van der Waals surface area contributed by atoms with Gasteiger partial charge in [-0.2, -0.15) is 0 Å². The number of carbonyl (C=O) groups is 1. The van der Waals surface area contributed by atoms with Gasteiger partial charge in [0.15, 0.2) is 0 Å². The van der Waals surface area contributed by atoms with Crippen molar-refractivity contribution in [2.75, 3.05) is 7.11 Å². The summed E-state index contributed by atoms with van der Waals surface area (Å²) in [4.78, 5) is 10.9. The minimum absolute atomic E-state index is 0.270. The van der Waals surface area contributed by atoms with Crippen LogP contribution in [0, 0.1) is 0 Å². The summed E-state index contributed by atoms with van der Waals surface area (Å²) in [6.07, 6.45) is 1.76. The molecular formula is C23H22O4. The molecule has 1 N–H and O–H groups in total. The molecule has 0 saturated carbocycles. The summed E-state index contributed by atoms with van der Waals surface area (Å²) in [5.74, 6) is 0.686. The van der Waals surface area contributed by atoms with Gasteiger partial charge in [-0.05, 0) is 59.9 Å². The van der Waals surface area contributed by atoms with Crippen molar-refractivity contribution < 1.29 is 19.4 Å². The standard InChI is InChI=1S/C23H22O4/c1-26-21-13-14-22(20(15-21)12-7-17-5-3-2-4-6-17)27-16-18-8-10-19(11-9-18)23(24)25/h2-6,8-11,13-15H,7,12,16H2,1H3,(H,24,25). The van der Waals surface area contributed by atoms with Gasteiger partial charge in [0.05, 0.1) is 12.7 Å². The van der Waals surface area contributed by atoms with Crippen molar-refractivity contribution in [2.24, 2.45) is 0 Å².